The quantitative estimate of drug-likeness (QED) is 0.828. The van der Waals surface area contributed by atoms with Gasteiger partial charge in [0.05, 0.1) is 13.2 Å². The number of aromatic nitrogens is 2. The van der Waals surface area contributed by atoms with Crippen LogP contribution >= 0.6 is 0 Å². The summed E-state index contributed by atoms with van der Waals surface area (Å²) in [5.74, 6) is 1.20. The zero-order valence-electron chi connectivity index (χ0n) is 13.7. The Labute approximate surface area is 123 Å². The van der Waals surface area contributed by atoms with Crippen molar-refractivity contribution in [2.75, 3.05) is 13.7 Å². The first-order valence-electron chi connectivity index (χ1n) is 7.48. The molecule has 0 saturated heterocycles. The van der Waals surface area contributed by atoms with Crippen LogP contribution in [0.3, 0.4) is 0 Å². The minimum atomic E-state index is 0.188. The van der Waals surface area contributed by atoms with Gasteiger partial charge in [-0.3, -0.25) is 4.98 Å². The summed E-state index contributed by atoms with van der Waals surface area (Å²) in [5, 5.41) is 3.58. The lowest BCUT2D eigenvalue weighted by Gasteiger charge is -2.31. The number of hydrogen-bond donors (Lipinski definition) is 1. The molecule has 2 atom stereocenters. The molecule has 0 aromatic carbocycles. The summed E-state index contributed by atoms with van der Waals surface area (Å²) >= 11 is 0. The fourth-order valence-corrected chi connectivity index (χ4v) is 2.05. The van der Waals surface area contributed by atoms with Gasteiger partial charge in [0.15, 0.2) is 0 Å². The molecule has 1 aromatic rings. The highest BCUT2D eigenvalue weighted by Gasteiger charge is 2.26. The highest BCUT2D eigenvalue weighted by Crippen LogP contribution is 2.34. The molecule has 1 aromatic heterocycles. The second-order valence-corrected chi connectivity index (χ2v) is 6.46. The highest BCUT2D eigenvalue weighted by atomic mass is 16.5. The maximum absolute atomic E-state index is 5.36. The Morgan fingerprint density at radius 2 is 1.90 bits per heavy atom. The van der Waals surface area contributed by atoms with Crippen molar-refractivity contribution in [3.63, 3.8) is 0 Å². The van der Waals surface area contributed by atoms with Gasteiger partial charge < -0.3 is 10.1 Å². The van der Waals surface area contributed by atoms with Gasteiger partial charge in [0.25, 0.3) is 0 Å². The monoisotopic (exact) mass is 279 g/mol. The third-order valence-electron chi connectivity index (χ3n) is 3.92. The van der Waals surface area contributed by atoms with E-state index in [0.29, 0.717) is 11.8 Å². The molecule has 0 bridgehead atoms. The SMILES string of the molecule is CCCNC(CC(C)C(C)(C)C)c1nccnc1OC. The molecule has 2 unspecified atom stereocenters. The Morgan fingerprint density at radius 1 is 1.25 bits per heavy atom. The van der Waals surface area contributed by atoms with Crippen molar-refractivity contribution in [1.82, 2.24) is 15.3 Å². The van der Waals surface area contributed by atoms with E-state index >= 15 is 0 Å². The van der Waals surface area contributed by atoms with Crippen LogP contribution < -0.4 is 10.1 Å². The zero-order chi connectivity index (χ0) is 15.2. The number of nitrogens with one attached hydrogen (secondary N) is 1. The Hall–Kier alpha value is -1.16. The van der Waals surface area contributed by atoms with Crippen LogP contribution in [0.2, 0.25) is 0 Å². The summed E-state index contributed by atoms with van der Waals surface area (Å²) in [6.45, 7) is 12.3. The second-order valence-electron chi connectivity index (χ2n) is 6.46. The predicted octanol–water partition coefficient (Wildman–Crippen LogP) is 3.60. The summed E-state index contributed by atoms with van der Waals surface area (Å²) in [4.78, 5) is 8.76. The lowest BCUT2D eigenvalue weighted by Crippen LogP contribution is -2.29. The average molecular weight is 279 g/mol. The van der Waals surface area contributed by atoms with Gasteiger partial charge in [-0.05, 0) is 30.7 Å². The van der Waals surface area contributed by atoms with Gasteiger partial charge in [-0.15, -0.1) is 0 Å². The summed E-state index contributed by atoms with van der Waals surface area (Å²) in [6, 6.07) is 0.188. The van der Waals surface area contributed by atoms with Gasteiger partial charge in [0.2, 0.25) is 5.88 Å². The molecule has 0 aliphatic rings. The van der Waals surface area contributed by atoms with E-state index in [4.69, 9.17) is 4.74 Å². The summed E-state index contributed by atoms with van der Waals surface area (Å²) < 4.78 is 5.36. The Bertz CT molecular complexity index is 401. The van der Waals surface area contributed by atoms with E-state index in [-0.39, 0.29) is 11.5 Å². The first-order chi connectivity index (χ1) is 9.40. The molecule has 1 rings (SSSR count). The van der Waals surface area contributed by atoms with Crippen LogP contribution in [0.5, 0.6) is 5.88 Å². The standard InChI is InChI=1S/C16H29N3O/c1-7-8-17-13(11-12(2)16(3,4)5)14-15(20-6)19-10-9-18-14/h9-10,12-13,17H,7-8,11H2,1-6H3. The van der Waals surface area contributed by atoms with E-state index in [2.05, 4.69) is 49.9 Å². The molecule has 0 aliphatic heterocycles. The lowest BCUT2D eigenvalue weighted by atomic mass is 9.78. The molecule has 0 amide bonds. The maximum atomic E-state index is 5.36. The third kappa shape index (κ3) is 4.75. The van der Waals surface area contributed by atoms with Crippen molar-refractivity contribution in [3.8, 4) is 5.88 Å². The van der Waals surface area contributed by atoms with Crippen molar-refractivity contribution >= 4 is 0 Å². The van der Waals surface area contributed by atoms with Crippen molar-refractivity contribution < 1.29 is 4.74 Å². The molecule has 20 heavy (non-hydrogen) atoms. The normalized spacial score (nSPS) is 14.9. The van der Waals surface area contributed by atoms with E-state index in [0.717, 1.165) is 25.1 Å². The number of ether oxygens (including phenoxy) is 1. The van der Waals surface area contributed by atoms with E-state index in [1.54, 1.807) is 19.5 Å². The highest BCUT2D eigenvalue weighted by molar-refractivity contribution is 5.21. The molecular formula is C16H29N3O. The van der Waals surface area contributed by atoms with E-state index in [9.17, 15) is 0 Å². The number of methoxy groups -OCH3 is 1. The van der Waals surface area contributed by atoms with Crippen LogP contribution in [0.15, 0.2) is 12.4 Å². The van der Waals surface area contributed by atoms with E-state index < -0.39 is 0 Å². The lowest BCUT2D eigenvalue weighted by molar-refractivity contribution is 0.219. The first kappa shape index (κ1) is 16.9. The minimum absolute atomic E-state index is 0.188. The molecule has 114 valence electrons. The smallest absolute Gasteiger partial charge is 0.236 e. The van der Waals surface area contributed by atoms with Crippen LogP contribution in [-0.2, 0) is 0 Å². The molecule has 0 fully saturated rings. The predicted molar refractivity (Wildman–Crippen MR) is 82.9 cm³/mol. The van der Waals surface area contributed by atoms with Gasteiger partial charge in [-0.2, -0.15) is 0 Å². The van der Waals surface area contributed by atoms with Gasteiger partial charge >= 0.3 is 0 Å². The number of nitrogens with zero attached hydrogens (tertiary/aromatic N) is 2. The van der Waals surface area contributed by atoms with Crippen LogP contribution in [0.1, 0.15) is 59.2 Å². The fourth-order valence-electron chi connectivity index (χ4n) is 2.05. The molecule has 4 heteroatoms. The zero-order valence-corrected chi connectivity index (χ0v) is 13.7. The third-order valence-corrected chi connectivity index (χ3v) is 3.92. The summed E-state index contributed by atoms with van der Waals surface area (Å²) in [6.07, 6.45) is 5.54. The number of rotatable bonds is 7. The van der Waals surface area contributed by atoms with E-state index in [1.807, 2.05) is 0 Å². The fraction of sp³-hybridized carbons (Fsp3) is 0.750. The van der Waals surface area contributed by atoms with Crippen LogP contribution in [0.25, 0.3) is 0 Å². The first-order valence-corrected chi connectivity index (χ1v) is 7.48. The molecule has 1 heterocycles. The average Bonchev–Trinajstić information content (AvgIpc) is 2.42. The maximum Gasteiger partial charge on any atom is 0.236 e. The molecule has 0 saturated carbocycles. The molecule has 0 aliphatic carbocycles. The Kier molecular flexibility index (Phi) is 6.40. The number of hydrogen-bond acceptors (Lipinski definition) is 4. The molecule has 1 N–H and O–H groups in total. The molecular weight excluding hydrogens is 250 g/mol. The Balaban J connectivity index is 2.94. The minimum Gasteiger partial charge on any atom is -0.480 e. The van der Waals surface area contributed by atoms with Crippen molar-refractivity contribution in [2.45, 2.75) is 53.5 Å². The summed E-state index contributed by atoms with van der Waals surface area (Å²) in [5.41, 5.74) is 1.20. The van der Waals surface area contributed by atoms with Crippen molar-refractivity contribution in [3.05, 3.63) is 18.1 Å². The Morgan fingerprint density at radius 3 is 2.45 bits per heavy atom. The van der Waals surface area contributed by atoms with E-state index in [1.165, 1.54) is 0 Å². The largest absolute Gasteiger partial charge is 0.480 e. The molecule has 0 radical (unpaired) electrons. The van der Waals surface area contributed by atoms with Crippen molar-refractivity contribution in [1.29, 1.82) is 0 Å². The topological polar surface area (TPSA) is 47.0 Å². The van der Waals surface area contributed by atoms with Crippen LogP contribution in [0.4, 0.5) is 0 Å². The van der Waals surface area contributed by atoms with Gasteiger partial charge in [-0.1, -0.05) is 34.6 Å². The second kappa shape index (κ2) is 7.58. The van der Waals surface area contributed by atoms with Crippen molar-refractivity contribution in [2.24, 2.45) is 11.3 Å². The van der Waals surface area contributed by atoms with Gasteiger partial charge in [0.1, 0.15) is 5.69 Å². The summed E-state index contributed by atoms with van der Waals surface area (Å²) in [7, 11) is 1.65. The van der Waals surface area contributed by atoms with Crippen LogP contribution in [0, 0.1) is 11.3 Å². The van der Waals surface area contributed by atoms with Gasteiger partial charge in [-0.25, -0.2) is 4.98 Å². The van der Waals surface area contributed by atoms with Gasteiger partial charge in [0, 0.05) is 12.4 Å². The van der Waals surface area contributed by atoms with Crippen LogP contribution in [-0.4, -0.2) is 23.6 Å². The molecule has 4 nitrogen and oxygen atoms in total. The molecule has 0 spiro atoms.